The quantitative estimate of drug-likeness (QED) is 0.0374. The smallest absolute Gasteiger partial charge is 0.306 e. The minimum absolute atomic E-state index is 0.0908. The Hall–Kier alpha value is -2.92. The van der Waals surface area contributed by atoms with Crippen LogP contribution in [0.1, 0.15) is 264 Å². The molecule has 0 fully saturated rings. The molecule has 0 aliphatic heterocycles. The van der Waals surface area contributed by atoms with E-state index in [1.54, 1.807) is 0 Å². The first kappa shape index (κ1) is 62.1. The maximum absolute atomic E-state index is 12.3. The molecule has 1 unspecified atom stereocenters. The highest BCUT2D eigenvalue weighted by Crippen LogP contribution is 2.17. The molecule has 0 aromatic heterocycles. The van der Waals surface area contributed by atoms with Crippen molar-refractivity contribution in [1.29, 1.82) is 0 Å². The summed E-state index contributed by atoms with van der Waals surface area (Å²) in [5, 5.41) is 9.63. The number of rotatable bonds is 50. The third-order valence-electron chi connectivity index (χ3n) is 12.0. The van der Waals surface area contributed by atoms with Crippen molar-refractivity contribution >= 4 is 11.9 Å². The van der Waals surface area contributed by atoms with E-state index in [4.69, 9.17) is 9.47 Å². The van der Waals surface area contributed by atoms with Gasteiger partial charge in [-0.2, -0.15) is 0 Å². The van der Waals surface area contributed by atoms with Gasteiger partial charge in [-0.05, 0) is 64.2 Å². The summed E-state index contributed by atoms with van der Waals surface area (Å²) in [5.41, 5.74) is 0. The van der Waals surface area contributed by atoms with Gasteiger partial charge in [0, 0.05) is 12.8 Å². The Morgan fingerprint density at radius 1 is 0.369 bits per heavy atom. The van der Waals surface area contributed by atoms with Gasteiger partial charge in [-0.25, -0.2) is 0 Å². The summed E-state index contributed by atoms with van der Waals surface area (Å²) < 4.78 is 10.7. The van der Waals surface area contributed by atoms with Crippen LogP contribution in [0.3, 0.4) is 0 Å². The van der Waals surface area contributed by atoms with Crippen LogP contribution in [0.2, 0.25) is 0 Å². The Kier molecular flexibility index (Phi) is 52.9. The van der Waals surface area contributed by atoms with Crippen molar-refractivity contribution in [3.63, 3.8) is 0 Å². The summed E-state index contributed by atoms with van der Waals surface area (Å²) >= 11 is 0. The molecule has 1 N–H and O–H groups in total. The third-order valence-corrected chi connectivity index (χ3v) is 12.0. The maximum atomic E-state index is 12.3. The van der Waals surface area contributed by atoms with Crippen LogP contribution in [-0.2, 0) is 19.1 Å². The molecule has 5 nitrogen and oxygen atoms in total. The Morgan fingerprint density at radius 3 is 0.985 bits per heavy atom. The second-order valence-electron chi connectivity index (χ2n) is 18.3. The zero-order chi connectivity index (χ0) is 47.0. The Bertz CT molecular complexity index is 1210. The normalized spacial score (nSPS) is 12.8. The van der Waals surface area contributed by atoms with Crippen LogP contribution in [0.25, 0.3) is 0 Å². The Morgan fingerprint density at radius 2 is 0.662 bits per heavy atom. The molecular formula is C60H104O5. The summed E-state index contributed by atoms with van der Waals surface area (Å²) in [4.78, 5) is 24.5. The van der Waals surface area contributed by atoms with Gasteiger partial charge in [-0.1, -0.05) is 272 Å². The molecule has 0 rings (SSSR count). The van der Waals surface area contributed by atoms with Crippen LogP contribution in [-0.4, -0.2) is 36.4 Å². The predicted octanol–water partition coefficient (Wildman–Crippen LogP) is 18.6. The molecule has 0 saturated heterocycles. The molecule has 5 heteroatoms. The average Bonchev–Trinajstić information content (AvgIpc) is 3.31. The van der Waals surface area contributed by atoms with Crippen LogP contribution in [0, 0.1) is 0 Å². The highest BCUT2D eigenvalue weighted by Gasteiger charge is 2.16. The van der Waals surface area contributed by atoms with Gasteiger partial charge >= 0.3 is 11.9 Å². The number of hydrogen-bond acceptors (Lipinski definition) is 5. The van der Waals surface area contributed by atoms with Gasteiger partial charge in [0.15, 0.2) is 6.10 Å². The van der Waals surface area contributed by atoms with Crippen molar-refractivity contribution < 1.29 is 24.2 Å². The van der Waals surface area contributed by atoms with Gasteiger partial charge in [-0.3, -0.25) is 9.59 Å². The van der Waals surface area contributed by atoms with Crippen LogP contribution >= 0.6 is 0 Å². The molecule has 374 valence electrons. The van der Waals surface area contributed by atoms with E-state index in [9.17, 15) is 14.7 Å². The molecule has 65 heavy (non-hydrogen) atoms. The lowest BCUT2D eigenvalue weighted by Gasteiger charge is -2.15. The number of esters is 2. The number of aliphatic hydroxyl groups excluding tert-OH is 1. The molecule has 0 amide bonds. The monoisotopic (exact) mass is 905 g/mol. The van der Waals surface area contributed by atoms with Crippen molar-refractivity contribution in [2.24, 2.45) is 0 Å². The number of aliphatic hydroxyl groups is 1. The zero-order valence-corrected chi connectivity index (χ0v) is 42.7. The molecule has 0 bridgehead atoms. The van der Waals surface area contributed by atoms with Crippen molar-refractivity contribution in [3.8, 4) is 0 Å². The predicted molar refractivity (Wildman–Crippen MR) is 283 cm³/mol. The van der Waals surface area contributed by atoms with E-state index in [0.29, 0.717) is 12.8 Å². The van der Waals surface area contributed by atoms with E-state index in [1.165, 1.54) is 161 Å². The van der Waals surface area contributed by atoms with Crippen LogP contribution in [0.4, 0.5) is 0 Å². The number of allylic oxidation sites excluding steroid dienone is 14. The summed E-state index contributed by atoms with van der Waals surface area (Å²) in [5.74, 6) is -0.655. The topological polar surface area (TPSA) is 72.8 Å². The van der Waals surface area contributed by atoms with Gasteiger partial charge in [0.05, 0.1) is 6.61 Å². The summed E-state index contributed by atoms with van der Waals surface area (Å²) in [6.07, 6.45) is 77.1. The van der Waals surface area contributed by atoms with Gasteiger partial charge in [0.2, 0.25) is 0 Å². The highest BCUT2D eigenvalue weighted by molar-refractivity contribution is 5.70. The zero-order valence-electron chi connectivity index (χ0n) is 42.7. The second-order valence-corrected chi connectivity index (χ2v) is 18.3. The van der Waals surface area contributed by atoms with E-state index >= 15 is 0 Å². The fraction of sp³-hybridized carbons (Fsp3) is 0.733. The first-order valence-electron chi connectivity index (χ1n) is 27.6. The van der Waals surface area contributed by atoms with Crippen LogP contribution in [0.15, 0.2) is 85.1 Å². The lowest BCUT2D eigenvalue weighted by molar-refractivity contribution is -0.161. The first-order chi connectivity index (χ1) is 32.1. The molecule has 0 aliphatic rings. The van der Waals surface area contributed by atoms with E-state index in [1.807, 2.05) is 0 Å². The number of hydrogen-bond donors (Lipinski definition) is 1. The maximum Gasteiger partial charge on any atom is 0.306 e. The molecule has 0 aliphatic carbocycles. The standard InChI is InChI=1S/C60H104O5/c1-3-5-7-9-11-13-15-17-19-21-23-25-27-28-29-30-31-33-34-36-38-40-42-44-46-48-50-52-54-59(62)64-57-58(56-61)65-60(63)55-53-51-49-47-45-43-41-39-37-35-32-26-24-22-20-18-16-14-12-10-8-6-4-2/h6,8,12,14,18,20,24,26,35,37,41,43,47,49,58,61H,3-5,7,9-11,13,15-17,19,21-23,25,27-34,36,38-40,42,44-46,48,50-57H2,1-2H3/b8-6-,14-12-,20-18-,26-24-,37-35-,43-41-,49-47-. The molecule has 1 atom stereocenters. The van der Waals surface area contributed by atoms with Crippen molar-refractivity contribution in [1.82, 2.24) is 0 Å². The van der Waals surface area contributed by atoms with Crippen molar-refractivity contribution in [2.75, 3.05) is 13.2 Å². The summed E-state index contributed by atoms with van der Waals surface area (Å²) in [6.45, 7) is 4.00. The van der Waals surface area contributed by atoms with Crippen molar-refractivity contribution in [2.45, 2.75) is 270 Å². The Balaban J connectivity index is 3.55. The number of carbonyl (C=O) groups is 2. The minimum Gasteiger partial charge on any atom is -0.462 e. The number of carbonyl (C=O) groups excluding carboxylic acids is 2. The van der Waals surface area contributed by atoms with Gasteiger partial charge in [0.1, 0.15) is 6.61 Å². The van der Waals surface area contributed by atoms with Crippen LogP contribution in [0.5, 0.6) is 0 Å². The Labute approximate surface area is 403 Å². The molecule has 0 heterocycles. The number of unbranched alkanes of at least 4 members (excludes halogenated alkanes) is 28. The van der Waals surface area contributed by atoms with E-state index < -0.39 is 6.10 Å². The largest absolute Gasteiger partial charge is 0.462 e. The fourth-order valence-electron chi connectivity index (χ4n) is 7.84. The van der Waals surface area contributed by atoms with Gasteiger partial charge < -0.3 is 14.6 Å². The molecule has 0 aromatic carbocycles. The summed E-state index contributed by atoms with van der Waals surface area (Å²) in [7, 11) is 0. The van der Waals surface area contributed by atoms with E-state index in [0.717, 1.165) is 70.6 Å². The molecule has 0 aromatic rings. The van der Waals surface area contributed by atoms with Crippen molar-refractivity contribution in [3.05, 3.63) is 85.1 Å². The third kappa shape index (κ3) is 53.6. The molecule has 0 radical (unpaired) electrons. The fourth-order valence-corrected chi connectivity index (χ4v) is 7.84. The highest BCUT2D eigenvalue weighted by atomic mass is 16.6. The second kappa shape index (κ2) is 55.4. The van der Waals surface area contributed by atoms with E-state index in [2.05, 4.69) is 98.9 Å². The molecule has 0 saturated carbocycles. The van der Waals surface area contributed by atoms with Crippen LogP contribution < -0.4 is 0 Å². The van der Waals surface area contributed by atoms with Gasteiger partial charge in [0.25, 0.3) is 0 Å². The first-order valence-corrected chi connectivity index (χ1v) is 27.6. The van der Waals surface area contributed by atoms with E-state index in [-0.39, 0.29) is 31.6 Å². The molecule has 0 spiro atoms. The lowest BCUT2D eigenvalue weighted by Crippen LogP contribution is -2.28. The molecular weight excluding hydrogens is 801 g/mol. The lowest BCUT2D eigenvalue weighted by atomic mass is 10.0. The number of ether oxygens (including phenoxy) is 2. The average molecular weight is 905 g/mol. The van der Waals surface area contributed by atoms with Gasteiger partial charge in [-0.15, -0.1) is 0 Å². The minimum atomic E-state index is -0.807. The summed E-state index contributed by atoms with van der Waals surface area (Å²) in [6, 6.07) is 0. The SMILES string of the molecule is CC/C=C\C/C=C\C/C=C\C/C=C\C/C=C\C/C=C\C/C=C\CCCC(=O)OC(CO)COC(=O)CCCCCCCCCCCCCCCCCCCCCCCCCCCCCC.